The van der Waals surface area contributed by atoms with Crippen molar-refractivity contribution < 1.29 is 14.3 Å². The number of nitrogens with zero attached hydrogens (tertiary/aromatic N) is 3. The zero-order chi connectivity index (χ0) is 24.7. The van der Waals surface area contributed by atoms with Gasteiger partial charge in [-0.2, -0.15) is 0 Å². The smallest absolute Gasteiger partial charge is 0.337 e. The normalized spacial score (nSPS) is 17.5. The molecule has 0 saturated carbocycles. The number of aryl methyl sites for hydroxylation is 1. The summed E-state index contributed by atoms with van der Waals surface area (Å²) < 4.78 is 16.9. The number of aromatic carboxylic acids is 1. The van der Waals surface area contributed by atoms with Crippen LogP contribution in [0.3, 0.4) is 0 Å². The molecule has 8 heteroatoms. The first-order chi connectivity index (χ1) is 16.9. The lowest BCUT2D eigenvalue weighted by Crippen LogP contribution is -2.30. The van der Waals surface area contributed by atoms with Crippen molar-refractivity contribution in [2.45, 2.75) is 25.9 Å². The molecular weight excluding hydrogens is 463 g/mol. The highest BCUT2D eigenvalue weighted by Gasteiger charge is 2.43. The molecule has 1 saturated heterocycles. The maximum Gasteiger partial charge on any atom is 0.337 e. The predicted octanol–water partition coefficient (Wildman–Crippen LogP) is 5.50. The van der Waals surface area contributed by atoms with Crippen molar-refractivity contribution in [3.63, 3.8) is 0 Å². The summed E-state index contributed by atoms with van der Waals surface area (Å²) in [4.78, 5) is 18.3. The molecule has 2 N–H and O–H groups in total. The Hall–Kier alpha value is -4.04. The Labute approximate surface area is 207 Å². The molecular formula is C27H23FN4O2S. The van der Waals surface area contributed by atoms with E-state index in [1.807, 2.05) is 48.7 Å². The molecule has 2 atom stereocenters. The number of para-hydroxylation sites is 2. The van der Waals surface area contributed by atoms with Gasteiger partial charge >= 0.3 is 5.97 Å². The maximum absolute atomic E-state index is 15.0. The summed E-state index contributed by atoms with van der Waals surface area (Å²) in [7, 11) is 0. The summed E-state index contributed by atoms with van der Waals surface area (Å²) >= 11 is 5.70. The minimum atomic E-state index is -1.00. The van der Waals surface area contributed by atoms with Gasteiger partial charge < -0.3 is 19.9 Å². The van der Waals surface area contributed by atoms with Crippen LogP contribution in [0, 0.1) is 19.7 Å². The second kappa shape index (κ2) is 8.96. The topological polar surface area (TPSA) is 70.4 Å². The van der Waals surface area contributed by atoms with Gasteiger partial charge in [0.1, 0.15) is 5.82 Å². The molecule has 3 heterocycles. The summed E-state index contributed by atoms with van der Waals surface area (Å²) in [6.45, 7) is 3.87. The summed E-state index contributed by atoms with van der Waals surface area (Å²) in [6.07, 6.45) is 1.72. The number of aromatic nitrogens is 2. The van der Waals surface area contributed by atoms with Crippen molar-refractivity contribution in [2.24, 2.45) is 0 Å². The standard InChI is InChI=1S/C27H23FN4O2S/c1-16-15-19(17(2)31(16)22-12-5-3-9-18(22)26(33)34)25-24(21-11-7-8-14-29-21)30-27(35)32(25)23-13-6-4-10-20(23)28/h3-15,24-25H,1-2H3,(H,30,35)(H,33,34). The van der Waals surface area contributed by atoms with Crippen LogP contribution in [0.1, 0.15) is 45.1 Å². The Bertz CT molecular complexity index is 1440. The minimum absolute atomic E-state index is 0.202. The Morgan fingerprint density at radius 1 is 1.03 bits per heavy atom. The van der Waals surface area contributed by atoms with Crippen LogP contribution < -0.4 is 10.2 Å². The molecule has 1 aliphatic rings. The zero-order valence-electron chi connectivity index (χ0n) is 19.1. The third-order valence-corrected chi connectivity index (χ3v) is 6.69. The lowest BCUT2D eigenvalue weighted by atomic mass is 9.96. The number of hydrogen-bond acceptors (Lipinski definition) is 3. The zero-order valence-corrected chi connectivity index (χ0v) is 20.0. The van der Waals surface area contributed by atoms with Crippen LogP contribution in [0.4, 0.5) is 10.1 Å². The highest BCUT2D eigenvalue weighted by molar-refractivity contribution is 7.80. The van der Waals surface area contributed by atoms with Crippen molar-refractivity contribution in [3.05, 3.63) is 113 Å². The van der Waals surface area contributed by atoms with Gasteiger partial charge in [-0.3, -0.25) is 4.98 Å². The Kier molecular flexibility index (Phi) is 5.82. The Morgan fingerprint density at radius 3 is 2.40 bits per heavy atom. The van der Waals surface area contributed by atoms with Gasteiger partial charge in [-0.1, -0.05) is 30.3 Å². The summed E-state index contributed by atoms with van der Waals surface area (Å²) in [6, 6.07) is 20.4. The second-order valence-electron chi connectivity index (χ2n) is 8.43. The van der Waals surface area contributed by atoms with Gasteiger partial charge in [0.15, 0.2) is 5.11 Å². The molecule has 0 radical (unpaired) electrons. The average Bonchev–Trinajstić information content (AvgIpc) is 3.35. The summed E-state index contributed by atoms with van der Waals surface area (Å²) in [5, 5.41) is 13.5. The van der Waals surface area contributed by atoms with E-state index in [-0.39, 0.29) is 17.4 Å². The monoisotopic (exact) mass is 486 g/mol. The predicted molar refractivity (Wildman–Crippen MR) is 137 cm³/mol. The highest BCUT2D eigenvalue weighted by atomic mass is 32.1. The third-order valence-electron chi connectivity index (χ3n) is 6.37. The number of carbonyl (C=O) groups is 1. The van der Waals surface area contributed by atoms with Crippen molar-refractivity contribution >= 4 is 29.0 Å². The molecule has 1 fully saturated rings. The van der Waals surface area contributed by atoms with Crippen molar-refractivity contribution in [3.8, 4) is 5.69 Å². The number of pyridine rings is 1. The van der Waals surface area contributed by atoms with E-state index >= 15 is 4.39 Å². The fourth-order valence-electron chi connectivity index (χ4n) is 4.88. The first-order valence-corrected chi connectivity index (χ1v) is 11.6. The van der Waals surface area contributed by atoms with Gasteiger partial charge in [0, 0.05) is 17.6 Å². The van der Waals surface area contributed by atoms with Gasteiger partial charge in [0.2, 0.25) is 0 Å². The first kappa shape index (κ1) is 22.7. The van der Waals surface area contributed by atoms with Crippen LogP contribution in [-0.4, -0.2) is 25.7 Å². The molecule has 0 spiro atoms. The lowest BCUT2D eigenvalue weighted by Gasteiger charge is -2.28. The molecule has 6 nitrogen and oxygen atoms in total. The second-order valence-corrected chi connectivity index (χ2v) is 8.82. The van der Waals surface area contributed by atoms with Crippen LogP contribution in [0.15, 0.2) is 79.0 Å². The number of halogens is 1. The van der Waals surface area contributed by atoms with Gasteiger partial charge in [-0.05, 0) is 74.1 Å². The van der Waals surface area contributed by atoms with Crippen LogP contribution in [-0.2, 0) is 0 Å². The molecule has 5 rings (SSSR count). The van der Waals surface area contributed by atoms with Gasteiger partial charge in [0.25, 0.3) is 0 Å². The van der Waals surface area contributed by atoms with E-state index in [1.54, 1.807) is 47.5 Å². The molecule has 1 aliphatic heterocycles. The van der Waals surface area contributed by atoms with Crippen LogP contribution in [0.2, 0.25) is 0 Å². The number of anilines is 1. The SMILES string of the molecule is Cc1cc(C2C(c3ccccn3)NC(=S)N2c2ccccc2F)c(C)n1-c1ccccc1C(=O)O. The first-order valence-electron chi connectivity index (χ1n) is 11.1. The van der Waals surface area contributed by atoms with Crippen LogP contribution >= 0.6 is 12.2 Å². The van der Waals surface area contributed by atoms with Crippen LogP contribution in [0.25, 0.3) is 5.69 Å². The summed E-state index contributed by atoms with van der Waals surface area (Å²) in [5.74, 6) is -1.38. The van der Waals surface area contributed by atoms with E-state index in [4.69, 9.17) is 12.2 Å². The number of thiocarbonyl (C=S) groups is 1. The van der Waals surface area contributed by atoms with Gasteiger partial charge in [0.05, 0.1) is 34.7 Å². The lowest BCUT2D eigenvalue weighted by molar-refractivity contribution is 0.0697. The molecule has 2 aromatic heterocycles. The van der Waals surface area contributed by atoms with E-state index in [0.29, 0.717) is 16.5 Å². The van der Waals surface area contributed by atoms with E-state index in [2.05, 4.69) is 10.3 Å². The number of carboxylic acids is 1. The molecule has 2 aromatic carbocycles. The van der Waals surface area contributed by atoms with Gasteiger partial charge in [-0.25, -0.2) is 9.18 Å². The number of rotatable bonds is 5. The summed E-state index contributed by atoms with van der Waals surface area (Å²) in [5.41, 5.74) is 4.51. The van der Waals surface area contributed by atoms with E-state index < -0.39 is 12.0 Å². The quantitative estimate of drug-likeness (QED) is 0.363. The van der Waals surface area contributed by atoms with E-state index in [1.165, 1.54) is 6.07 Å². The van der Waals surface area contributed by atoms with Crippen molar-refractivity contribution in [2.75, 3.05) is 4.90 Å². The van der Waals surface area contributed by atoms with E-state index in [0.717, 1.165) is 22.6 Å². The maximum atomic E-state index is 15.0. The van der Waals surface area contributed by atoms with Crippen molar-refractivity contribution in [1.29, 1.82) is 0 Å². The molecule has 0 amide bonds. The fraction of sp³-hybridized carbons (Fsp3) is 0.148. The molecule has 0 bridgehead atoms. The average molecular weight is 487 g/mol. The number of benzene rings is 2. The highest BCUT2D eigenvalue weighted by Crippen LogP contribution is 2.44. The van der Waals surface area contributed by atoms with Crippen molar-refractivity contribution in [1.82, 2.24) is 14.9 Å². The van der Waals surface area contributed by atoms with Crippen LogP contribution in [0.5, 0.6) is 0 Å². The molecule has 35 heavy (non-hydrogen) atoms. The molecule has 4 aromatic rings. The Balaban J connectivity index is 1.72. The minimum Gasteiger partial charge on any atom is -0.478 e. The number of hydrogen-bond donors (Lipinski definition) is 2. The molecule has 176 valence electrons. The largest absolute Gasteiger partial charge is 0.478 e. The third kappa shape index (κ3) is 3.85. The fourth-order valence-corrected chi connectivity index (χ4v) is 5.22. The number of carboxylic acid groups (broad SMARTS) is 1. The number of nitrogens with one attached hydrogen (secondary N) is 1. The van der Waals surface area contributed by atoms with Gasteiger partial charge in [-0.15, -0.1) is 0 Å². The Morgan fingerprint density at radius 2 is 1.71 bits per heavy atom. The molecule has 0 aliphatic carbocycles. The molecule has 2 unspecified atom stereocenters. The van der Waals surface area contributed by atoms with E-state index in [9.17, 15) is 9.90 Å².